The van der Waals surface area contributed by atoms with Crippen molar-refractivity contribution in [2.45, 2.75) is 0 Å². The van der Waals surface area contributed by atoms with Gasteiger partial charge in [-0.25, -0.2) is 4.98 Å². The van der Waals surface area contributed by atoms with Crippen LogP contribution in [0.3, 0.4) is 0 Å². The molecule has 0 atom stereocenters. The normalized spacial score (nSPS) is 11.7. The highest BCUT2D eigenvalue weighted by Crippen LogP contribution is 2.41. The van der Waals surface area contributed by atoms with Crippen molar-refractivity contribution >= 4 is 71.8 Å². The lowest BCUT2D eigenvalue weighted by atomic mass is 10.0. The maximum Gasteiger partial charge on any atom is 0.227 e. The smallest absolute Gasteiger partial charge is 0.227 e. The summed E-state index contributed by atoms with van der Waals surface area (Å²) >= 11 is 0. The lowest BCUT2D eigenvalue weighted by Crippen LogP contribution is -2.09. The van der Waals surface area contributed by atoms with Crippen molar-refractivity contribution in [2.75, 3.05) is 4.90 Å². The van der Waals surface area contributed by atoms with Gasteiger partial charge in [-0.15, -0.1) is 0 Å². The van der Waals surface area contributed by atoms with Crippen LogP contribution in [0.5, 0.6) is 0 Å². The summed E-state index contributed by atoms with van der Waals surface area (Å²) in [5.41, 5.74) is 8.85. The monoisotopic (exact) mass is 552 g/mol. The molecule has 0 aliphatic heterocycles. The highest BCUT2D eigenvalue weighted by molar-refractivity contribution is 6.15. The Balaban J connectivity index is 1.23. The molecule has 0 bridgehead atoms. The van der Waals surface area contributed by atoms with Gasteiger partial charge in [-0.2, -0.15) is 0 Å². The van der Waals surface area contributed by atoms with Crippen LogP contribution in [-0.2, 0) is 0 Å². The van der Waals surface area contributed by atoms with Gasteiger partial charge in [0.05, 0.1) is 0 Å². The topological polar surface area (TPSA) is 42.4 Å². The largest absolute Gasteiger partial charge is 0.456 e. The molecule has 0 radical (unpaired) electrons. The molecule has 4 nitrogen and oxygen atoms in total. The first-order chi connectivity index (χ1) is 21.3. The second-order valence-corrected chi connectivity index (χ2v) is 10.8. The van der Waals surface area contributed by atoms with E-state index < -0.39 is 0 Å². The fourth-order valence-electron chi connectivity index (χ4n) is 6.26. The van der Waals surface area contributed by atoms with Gasteiger partial charge < -0.3 is 13.7 Å². The van der Waals surface area contributed by atoms with Gasteiger partial charge in [0.1, 0.15) is 16.7 Å². The number of nitrogens with zero attached hydrogens (tertiary/aromatic N) is 2. The Kier molecular flexibility index (Phi) is 5.16. The van der Waals surface area contributed by atoms with Crippen LogP contribution in [0, 0.1) is 0 Å². The van der Waals surface area contributed by atoms with E-state index in [4.69, 9.17) is 8.83 Å². The number of hydrogen-bond acceptors (Lipinski definition) is 4. The van der Waals surface area contributed by atoms with Crippen molar-refractivity contribution in [1.82, 2.24) is 4.98 Å². The zero-order chi connectivity index (χ0) is 28.3. The second-order valence-electron chi connectivity index (χ2n) is 10.8. The molecular formula is C39H24N2O2. The van der Waals surface area contributed by atoms with Gasteiger partial charge in [-0.05, 0) is 89.3 Å². The summed E-state index contributed by atoms with van der Waals surface area (Å²) in [5, 5.41) is 6.48. The van der Waals surface area contributed by atoms with E-state index in [2.05, 4.69) is 125 Å². The Hall–Kier alpha value is -5.87. The van der Waals surface area contributed by atoms with Crippen molar-refractivity contribution in [2.24, 2.45) is 0 Å². The van der Waals surface area contributed by atoms with Crippen LogP contribution in [-0.4, -0.2) is 4.98 Å². The van der Waals surface area contributed by atoms with E-state index in [-0.39, 0.29) is 0 Å². The standard InChI is InChI=1S/C39H24N2O2/c1-2-7-25(8-3-1)26-12-15-28(16-13-26)41(30-18-21-37-35(24-30)32-9-4-5-11-36(32)42-37)29-17-20-31-27(23-29)14-19-33-34-10-6-22-40-39(34)43-38(31)33/h1-24H. The number of furan rings is 2. The molecule has 9 aromatic rings. The molecule has 6 aromatic carbocycles. The first kappa shape index (κ1) is 23.8. The number of anilines is 3. The first-order valence-electron chi connectivity index (χ1n) is 14.4. The van der Waals surface area contributed by atoms with Crippen molar-refractivity contribution in [1.29, 1.82) is 0 Å². The van der Waals surface area contributed by atoms with Crippen LogP contribution in [0.4, 0.5) is 17.1 Å². The van der Waals surface area contributed by atoms with Crippen LogP contribution in [0.2, 0.25) is 0 Å². The summed E-state index contributed by atoms with van der Waals surface area (Å²) in [6, 6.07) is 48.8. The Labute approximate surface area is 247 Å². The number of benzene rings is 6. The molecule has 0 fully saturated rings. The molecule has 4 heteroatoms. The van der Waals surface area contributed by atoms with Gasteiger partial charge in [-0.1, -0.05) is 66.7 Å². The van der Waals surface area contributed by atoms with Crippen LogP contribution < -0.4 is 4.90 Å². The van der Waals surface area contributed by atoms with Crippen LogP contribution in [0.25, 0.3) is 65.9 Å². The lowest BCUT2D eigenvalue weighted by Gasteiger charge is -2.26. The van der Waals surface area contributed by atoms with Crippen molar-refractivity contribution < 1.29 is 8.83 Å². The van der Waals surface area contributed by atoms with Gasteiger partial charge in [0, 0.05) is 50.2 Å². The third-order valence-corrected chi connectivity index (χ3v) is 8.32. The minimum absolute atomic E-state index is 0.662. The molecule has 0 saturated carbocycles. The summed E-state index contributed by atoms with van der Waals surface area (Å²) in [6.07, 6.45) is 1.77. The van der Waals surface area contributed by atoms with Crippen LogP contribution in [0.1, 0.15) is 0 Å². The summed E-state index contributed by atoms with van der Waals surface area (Å²) in [4.78, 5) is 6.74. The average molecular weight is 553 g/mol. The van der Waals surface area contributed by atoms with Crippen LogP contribution >= 0.6 is 0 Å². The van der Waals surface area contributed by atoms with E-state index in [1.165, 1.54) is 11.1 Å². The van der Waals surface area contributed by atoms with E-state index in [0.29, 0.717) is 5.71 Å². The van der Waals surface area contributed by atoms with E-state index in [1.54, 1.807) is 6.20 Å². The van der Waals surface area contributed by atoms with E-state index in [1.807, 2.05) is 24.3 Å². The lowest BCUT2D eigenvalue weighted by molar-refractivity contribution is 0.657. The number of pyridine rings is 1. The predicted molar refractivity (Wildman–Crippen MR) is 176 cm³/mol. The van der Waals surface area contributed by atoms with Crippen LogP contribution in [0.15, 0.2) is 155 Å². The summed E-state index contributed by atoms with van der Waals surface area (Å²) in [5.74, 6) is 0. The van der Waals surface area contributed by atoms with Gasteiger partial charge in [0.2, 0.25) is 5.71 Å². The molecule has 3 heterocycles. The zero-order valence-corrected chi connectivity index (χ0v) is 23.1. The van der Waals surface area contributed by atoms with Crippen molar-refractivity contribution in [3.63, 3.8) is 0 Å². The fraction of sp³-hybridized carbons (Fsp3) is 0. The maximum absolute atomic E-state index is 6.24. The summed E-state index contributed by atoms with van der Waals surface area (Å²) in [6.45, 7) is 0. The predicted octanol–water partition coefficient (Wildman–Crippen LogP) is 11.2. The summed E-state index contributed by atoms with van der Waals surface area (Å²) in [7, 11) is 0. The molecule has 9 rings (SSSR count). The minimum Gasteiger partial charge on any atom is -0.456 e. The molecule has 3 aromatic heterocycles. The van der Waals surface area contributed by atoms with E-state index in [0.717, 1.165) is 66.1 Å². The molecule has 0 saturated heterocycles. The molecular weight excluding hydrogens is 528 g/mol. The second kappa shape index (κ2) is 9.33. The SMILES string of the molecule is c1ccc(-c2ccc(N(c3ccc4c(ccc5c6cccnc6oc45)c3)c3ccc4oc5ccccc5c4c3)cc2)cc1. The Morgan fingerprint density at radius 2 is 1.14 bits per heavy atom. The van der Waals surface area contributed by atoms with Crippen molar-refractivity contribution in [3.05, 3.63) is 146 Å². The molecule has 0 unspecified atom stereocenters. The van der Waals surface area contributed by atoms with Gasteiger partial charge in [0.25, 0.3) is 0 Å². The van der Waals surface area contributed by atoms with E-state index >= 15 is 0 Å². The minimum atomic E-state index is 0.662. The van der Waals surface area contributed by atoms with E-state index in [9.17, 15) is 0 Å². The highest BCUT2D eigenvalue weighted by atomic mass is 16.3. The zero-order valence-electron chi connectivity index (χ0n) is 23.1. The highest BCUT2D eigenvalue weighted by Gasteiger charge is 2.18. The summed E-state index contributed by atoms with van der Waals surface area (Å²) < 4.78 is 12.4. The Bertz CT molecular complexity index is 2450. The maximum atomic E-state index is 6.24. The quantitative estimate of drug-likeness (QED) is 0.218. The molecule has 0 N–H and O–H groups in total. The molecule has 202 valence electrons. The van der Waals surface area contributed by atoms with Gasteiger partial charge in [0.15, 0.2) is 0 Å². The number of para-hydroxylation sites is 1. The number of fused-ring (bicyclic) bond motifs is 8. The molecule has 0 aliphatic rings. The molecule has 0 aliphatic carbocycles. The molecule has 0 amide bonds. The first-order valence-corrected chi connectivity index (χ1v) is 14.4. The molecule has 0 spiro atoms. The third-order valence-electron chi connectivity index (χ3n) is 8.32. The number of aromatic nitrogens is 1. The number of rotatable bonds is 4. The fourth-order valence-corrected chi connectivity index (χ4v) is 6.26. The third kappa shape index (κ3) is 3.81. The number of hydrogen-bond donors (Lipinski definition) is 0. The van der Waals surface area contributed by atoms with Crippen molar-refractivity contribution in [3.8, 4) is 11.1 Å². The van der Waals surface area contributed by atoms with Gasteiger partial charge in [-0.3, -0.25) is 0 Å². The van der Waals surface area contributed by atoms with Gasteiger partial charge >= 0.3 is 0 Å². The average Bonchev–Trinajstić information content (AvgIpc) is 3.64. The molecule has 43 heavy (non-hydrogen) atoms. The Morgan fingerprint density at radius 1 is 0.442 bits per heavy atom. The Morgan fingerprint density at radius 3 is 2.05 bits per heavy atom.